The molecular weight excluding hydrogens is 242 g/mol. The number of carbonyl (C=O) groups is 1. The second kappa shape index (κ2) is 4.79. The number of amides is 1. The van der Waals surface area contributed by atoms with Gasteiger partial charge in [0.1, 0.15) is 0 Å². The summed E-state index contributed by atoms with van der Waals surface area (Å²) in [5, 5.41) is 0.0169. The van der Waals surface area contributed by atoms with E-state index in [9.17, 15) is 4.79 Å². The highest BCUT2D eigenvalue weighted by molar-refractivity contribution is 7.81. The SMILES string of the molecule is COc1cc(OC)nc(N2CC(S)CC2=O)n1. The standard InChI is InChI=1S/C10H13N3O3S/c1-15-7-4-8(16-2)12-10(11-7)13-5-6(17)3-9(13)14/h4,6,17H,3,5H2,1-2H3. The molecule has 1 unspecified atom stereocenters. The second-order valence-electron chi connectivity index (χ2n) is 3.61. The Morgan fingerprint density at radius 2 is 1.94 bits per heavy atom. The van der Waals surface area contributed by atoms with Crippen LogP contribution in [0.3, 0.4) is 0 Å². The molecule has 0 N–H and O–H groups in total. The van der Waals surface area contributed by atoms with Crippen molar-refractivity contribution < 1.29 is 14.3 Å². The van der Waals surface area contributed by atoms with Crippen molar-refractivity contribution in [3.63, 3.8) is 0 Å². The molecule has 0 spiro atoms. The Labute approximate surface area is 104 Å². The lowest BCUT2D eigenvalue weighted by molar-refractivity contribution is -0.117. The molecule has 1 atom stereocenters. The molecular formula is C10H13N3O3S. The van der Waals surface area contributed by atoms with E-state index in [0.717, 1.165) is 0 Å². The minimum atomic E-state index is -0.0414. The predicted octanol–water partition coefficient (Wildman–Crippen LogP) is 0.529. The van der Waals surface area contributed by atoms with Gasteiger partial charge in [-0.1, -0.05) is 0 Å². The number of hydrogen-bond acceptors (Lipinski definition) is 6. The number of hydrogen-bond donors (Lipinski definition) is 1. The van der Waals surface area contributed by atoms with Gasteiger partial charge in [-0.2, -0.15) is 22.6 Å². The molecule has 0 aliphatic carbocycles. The van der Waals surface area contributed by atoms with Gasteiger partial charge in [0, 0.05) is 18.2 Å². The molecule has 0 saturated carbocycles. The van der Waals surface area contributed by atoms with Crippen molar-refractivity contribution in [3.05, 3.63) is 6.07 Å². The number of methoxy groups -OCH3 is 2. The average molecular weight is 255 g/mol. The normalized spacial score (nSPS) is 19.6. The lowest BCUT2D eigenvalue weighted by atomic mass is 10.4. The zero-order valence-electron chi connectivity index (χ0n) is 9.58. The van der Waals surface area contributed by atoms with Crippen LogP contribution in [0.5, 0.6) is 11.8 Å². The molecule has 1 aliphatic rings. The highest BCUT2D eigenvalue weighted by Crippen LogP contribution is 2.25. The summed E-state index contributed by atoms with van der Waals surface area (Å²) in [5.41, 5.74) is 0. The maximum Gasteiger partial charge on any atom is 0.238 e. The molecule has 6 nitrogen and oxygen atoms in total. The molecule has 17 heavy (non-hydrogen) atoms. The van der Waals surface area contributed by atoms with Crippen LogP contribution in [0, 0.1) is 0 Å². The number of nitrogens with zero attached hydrogens (tertiary/aromatic N) is 3. The molecule has 0 bridgehead atoms. The third-order valence-corrected chi connectivity index (χ3v) is 2.78. The number of carbonyl (C=O) groups excluding carboxylic acids is 1. The Bertz CT molecular complexity index is 419. The van der Waals surface area contributed by atoms with Gasteiger partial charge in [0.05, 0.1) is 20.3 Å². The zero-order chi connectivity index (χ0) is 12.4. The summed E-state index contributed by atoms with van der Waals surface area (Å²) >= 11 is 4.28. The van der Waals surface area contributed by atoms with Gasteiger partial charge in [-0.3, -0.25) is 9.69 Å². The summed E-state index contributed by atoms with van der Waals surface area (Å²) in [6.45, 7) is 0.498. The number of rotatable bonds is 3. The first-order valence-corrected chi connectivity index (χ1v) is 5.61. The lowest BCUT2D eigenvalue weighted by Crippen LogP contribution is -2.26. The number of thiol groups is 1. The molecule has 1 saturated heterocycles. The van der Waals surface area contributed by atoms with Gasteiger partial charge in [0.15, 0.2) is 0 Å². The molecule has 0 aromatic carbocycles. The molecule has 1 aliphatic heterocycles. The zero-order valence-corrected chi connectivity index (χ0v) is 10.5. The number of anilines is 1. The van der Waals surface area contributed by atoms with E-state index in [2.05, 4.69) is 22.6 Å². The van der Waals surface area contributed by atoms with Crippen LogP contribution in [0.2, 0.25) is 0 Å². The summed E-state index contributed by atoms with van der Waals surface area (Å²) in [6, 6.07) is 1.56. The quantitative estimate of drug-likeness (QED) is 0.798. The molecule has 1 amide bonds. The van der Waals surface area contributed by atoms with Crippen molar-refractivity contribution in [2.75, 3.05) is 25.7 Å². The highest BCUT2D eigenvalue weighted by atomic mass is 32.1. The Hall–Kier alpha value is -1.50. The Morgan fingerprint density at radius 1 is 1.35 bits per heavy atom. The average Bonchev–Trinajstić information content (AvgIpc) is 2.67. The van der Waals surface area contributed by atoms with Gasteiger partial charge >= 0.3 is 0 Å². The van der Waals surface area contributed by atoms with Crippen LogP contribution in [0.15, 0.2) is 6.07 Å². The van der Waals surface area contributed by atoms with Gasteiger partial charge in [-0.05, 0) is 0 Å². The van der Waals surface area contributed by atoms with Crippen LogP contribution in [-0.4, -0.2) is 41.9 Å². The van der Waals surface area contributed by atoms with Crippen LogP contribution in [0.1, 0.15) is 6.42 Å². The van der Waals surface area contributed by atoms with Gasteiger partial charge in [0.2, 0.25) is 23.6 Å². The second-order valence-corrected chi connectivity index (χ2v) is 4.35. The Balaban J connectivity index is 2.34. The predicted molar refractivity (Wildman–Crippen MR) is 64.9 cm³/mol. The maximum absolute atomic E-state index is 11.7. The van der Waals surface area contributed by atoms with Crippen LogP contribution in [0.25, 0.3) is 0 Å². The van der Waals surface area contributed by atoms with Crippen molar-refractivity contribution in [2.45, 2.75) is 11.7 Å². The molecule has 7 heteroatoms. The van der Waals surface area contributed by atoms with E-state index in [1.54, 1.807) is 6.07 Å². The van der Waals surface area contributed by atoms with E-state index in [1.165, 1.54) is 19.1 Å². The number of ether oxygens (including phenoxy) is 2. The van der Waals surface area contributed by atoms with E-state index in [1.807, 2.05) is 0 Å². The summed E-state index contributed by atoms with van der Waals surface area (Å²) in [6.07, 6.45) is 0.395. The fourth-order valence-electron chi connectivity index (χ4n) is 1.60. The van der Waals surface area contributed by atoms with E-state index < -0.39 is 0 Å². The van der Waals surface area contributed by atoms with Crippen molar-refractivity contribution in [2.24, 2.45) is 0 Å². The minimum Gasteiger partial charge on any atom is -0.481 e. The fourth-order valence-corrected chi connectivity index (χ4v) is 1.92. The third-order valence-electron chi connectivity index (χ3n) is 2.43. The molecule has 92 valence electrons. The third kappa shape index (κ3) is 2.44. The van der Waals surface area contributed by atoms with Gasteiger partial charge in [-0.25, -0.2) is 0 Å². The summed E-state index contributed by atoms with van der Waals surface area (Å²) in [7, 11) is 3.00. The van der Waals surface area contributed by atoms with E-state index in [4.69, 9.17) is 9.47 Å². The minimum absolute atomic E-state index is 0.0169. The van der Waals surface area contributed by atoms with Crippen LogP contribution >= 0.6 is 12.6 Å². The summed E-state index contributed by atoms with van der Waals surface area (Å²) in [4.78, 5) is 21.4. The van der Waals surface area contributed by atoms with Crippen molar-refractivity contribution in [1.82, 2.24) is 9.97 Å². The van der Waals surface area contributed by atoms with E-state index >= 15 is 0 Å². The first-order chi connectivity index (χ1) is 8.13. The van der Waals surface area contributed by atoms with Crippen LogP contribution in [-0.2, 0) is 4.79 Å². The molecule has 2 rings (SSSR count). The molecule has 2 heterocycles. The van der Waals surface area contributed by atoms with Gasteiger partial charge in [-0.15, -0.1) is 0 Å². The molecule has 0 radical (unpaired) electrons. The molecule has 1 aromatic heterocycles. The monoisotopic (exact) mass is 255 g/mol. The Morgan fingerprint density at radius 3 is 2.35 bits per heavy atom. The van der Waals surface area contributed by atoms with Crippen LogP contribution in [0.4, 0.5) is 5.95 Å². The van der Waals surface area contributed by atoms with Crippen molar-refractivity contribution >= 4 is 24.5 Å². The number of aromatic nitrogens is 2. The van der Waals surface area contributed by atoms with E-state index in [-0.39, 0.29) is 11.2 Å². The topological polar surface area (TPSA) is 64.6 Å². The van der Waals surface area contributed by atoms with E-state index in [0.29, 0.717) is 30.7 Å². The smallest absolute Gasteiger partial charge is 0.238 e. The van der Waals surface area contributed by atoms with Crippen molar-refractivity contribution in [3.8, 4) is 11.8 Å². The van der Waals surface area contributed by atoms with Gasteiger partial charge in [0.25, 0.3) is 0 Å². The molecule has 1 aromatic rings. The maximum atomic E-state index is 11.7. The first-order valence-electron chi connectivity index (χ1n) is 5.09. The summed E-state index contributed by atoms with van der Waals surface area (Å²) < 4.78 is 10.1. The van der Waals surface area contributed by atoms with Crippen molar-refractivity contribution in [1.29, 1.82) is 0 Å². The molecule has 1 fully saturated rings. The lowest BCUT2D eigenvalue weighted by Gasteiger charge is -2.15. The summed E-state index contributed by atoms with van der Waals surface area (Å²) in [5.74, 6) is 0.979. The van der Waals surface area contributed by atoms with Crippen LogP contribution < -0.4 is 14.4 Å². The highest BCUT2D eigenvalue weighted by Gasteiger charge is 2.30. The first kappa shape index (κ1) is 12.0. The Kier molecular flexibility index (Phi) is 3.37. The largest absolute Gasteiger partial charge is 0.481 e. The fraction of sp³-hybridized carbons (Fsp3) is 0.500. The van der Waals surface area contributed by atoms with Gasteiger partial charge < -0.3 is 9.47 Å².